The Morgan fingerprint density at radius 2 is 2.27 bits per heavy atom. The van der Waals surface area contributed by atoms with Crippen LogP contribution in [-0.2, 0) is 4.79 Å². The lowest BCUT2D eigenvalue weighted by molar-refractivity contribution is -0.116. The number of rotatable bonds is 5. The predicted octanol–water partition coefficient (Wildman–Crippen LogP) is 1.33. The smallest absolute Gasteiger partial charge is 0.225 e. The van der Waals surface area contributed by atoms with Crippen LogP contribution in [0.4, 0.5) is 5.82 Å². The molecule has 1 aromatic heterocycles. The number of nitrogens with one attached hydrogen (secondary N) is 2. The number of amides is 1. The summed E-state index contributed by atoms with van der Waals surface area (Å²) in [6.07, 6.45) is 3.10. The largest absolute Gasteiger partial charge is 0.320 e. The molecule has 15 heavy (non-hydrogen) atoms. The van der Waals surface area contributed by atoms with Gasteiger partial charge in [-0.05, 0) is 38.6 Å². The SMILES string of the molecule is CNCCCC(=O)Nc1ccc(C)cn1. The Balaban J connectivity index is 2.34. The molecule has 0 radical (unpaired) electrons. The summed E-state index contributed by atoms with van der Waals surface area (Å²) in [5, 5.41) is 5.75. The molecule has 0 aliphatic heterocycles. The van der Waals surface area contributed by atoms with Crippen molar-refractivity contribution >= 4 is 11.7 Å². The van der Waals surface area contributed by atoms with Gasteiger partial charge >= 0.3 is 0 Å². The van der Waals surface area contributed by atoms with E-state index < -0.39 is 0 Å². The lowest BCUT2D eigenvalue weighted by Crippen LogP contribution is -2.15. The molecule has 0 spiro atoms. The standard InChI is InChI=1S/C11H17N3O/c1-9-5-6-10(13-8-9)14-11(15)4-3-7-12-2/h5-6,8,12H,3-4,7H2,1-2H3,(H,13,14,15). The molecule has 0 aliphatic carbocycles. The lowest BCUT2D eigenvalue weighted by atomic mass is 10.3. The van der Waals surface area contributed by atoms with Gasteiger partial charge in [-0.3, -0.25) is 4.79 Å². The Labute approximate surface area is 90.1 Å². The molecule has 0 aromatic carbocycles. The quantitative estimate of drug-likeness (QED) is 0.716. The molecule has 4 nitrogen and oxygen atoms in total. The van der Waals surface area contributed by atoms with Gasteiger partial charge in [0.25, 0.3) is 0 Å². The molecule has 0 atom stereocenters. The summed E-state index contributed by atoms with van der Waals surface area (Å²) in [7, 11) is 1.87. The number of carbonyl (C=O) groups excluding carboxylic acids is 1. The predicted molar refractivity (Wildman–Crippen MR) is 60.8 cm³/mol. The van der Waals surface area contributed by atoms with Gasteiger partial charge in [0.15, 0.2) is 0 Å². The van der Waals surface area contributed by atoms with E-state index in [2.05, 4.69) is 15.6 Å². The lowest BCUT2D eigenvalue weighted by Gasteiger charge is -2.04. The number of pyridine rings is 1. The minimum atomic E-state index is 0.0154. The zero-order valence-corrected chi connectivity index (χ0v) is 9.21. The Morgan fingerprint density at radius 3 is 2.87 bits per heavy atom. The summed E-state index contributed by atoms with van der Waals surface area (Å²) in [4.78, 5) is 15.5. The highest BCUT2D eigenvalue weighted by atomic mass is 16.1. The van der Waals surface area contributed by atoms with Crippen LogP contribution < -0.4 is 10.6 Å². The van der Waals surface area contributed by atoms with E-state index in [9.17, 15) is 4.79 Å². The third-order valence-electron chi connectivity index (χ3n) is 2.01. The highest BCUT2D eigenvalue weighted by Crippen LogP contribution is 2.04. The number of hydrogen-bond acceptors (Lipinski definition) is 3. The molecule has 1 amide bonds. The molecule has 0 saturated carbocycles. The third-order valence-corrected chi connectivity index (χ3v) is 2.01. The van der Waals surface area contributed by atoms with Crippen LogP contribution in [0.1, 0.15) is 18.4 Å². The fourth-order valence-corrected chi connectivity index (χ4v) is 1.17. The second kappa shape index (κ2) is 6.14. The van der Waals surface area contributed by atoms with Crippen LogP contribution in [0.2, 0.25) is 0 Å². The Morgan fingerprint density at radius 1 is 1.47 bits per heavy atom. The minimum Gasteiger partial charge on any atom is -0.320 e. The molecular formula is C11H17N3O. The monoisotopic (exact) mass is 207 g/mol. The molecule has 1 aromatic rings. The number of hydrogen-bond donors (Lipinski definition) is 2. The molecule has 4 heteroatoms. The van der Waals surface area contributed by atoms with Crippen molar-refractivity contribution in [3.8, 4) is 0 Å². The van der Waals surface area contributed by atoms with E-state index in [0.29, 0.717) is 12.2 Å². The van der Waals surface area contributed by atoms with Crippen LogP contribution in [-0.4, -0.2) is 24.5 Å². The van der Waals surface area contributed by atoms with Gasteiger partial charge in [0.2, 0.25) is 5.91 Å². The maximum absolute atomic E-state index is 11.4. The van der Waals surface area contributed by atoms with Gasteiger partial charge < -0.3 is 10.6 Å². The zero-order chi connectivity index (χ0) is 11.1. The van der Waals surface area contributed by atoms with E-state index in [1.807, 2.05) is 26.1 Å². The number of anilines is 1. The zero-order valence-electron chi connectivity index (χ0n) is 9.21. The van der Waals surface area contributed by atoms with E-state index in [0.717, 1.165) is 18.5 Å². The van der Waals surface area contributed by atoms with Gasteiger partial charge in [0.1, 0.15) is 5.82 Å². The van der Waals surface area contributed by atoms with Crippen LogP contribution in [0, 0.1) is 6.92 Å². The number of aryl methyl sites for hydroxylation is 1. The second-order valence-electron chi connectivity index (χ2n) is 3.48. The average molecular weight is 207 g/mol. The van der Waals surface area contributed by atoms with Gasteiger partial charge in [-0.25, -0.2) is 4.98 Å². The minimum absolute atomic E-state index is 0.0154. The first-order chi connectivity index (χ1) is 7.22. The highest BCUT2D eigenvalue weighted by Gasteiger charge is 2.01. The van der Waals surface area contributed by atoms with Crippen LogP contribution in [0.15, 0.2) is 18.3 Å². The van der Waals surface area contributed by atoms with Gasteiger partial charge in [-0.2, -0.15) is 0 Å². The molecule has 1 rings (SSSR count). The molecule has 0 bridgehead atoms. The topological polar surface area (TPSA) is 54.0 Å². The van der Waals surface area contributed by atoms with E-state index >= 15 is 0 Å². The van der Waals surface area contributed by atoms with Crippen LogP contribution >= 0.6 is 0 Å². The molecule has 0 saturated heterocycles. The normalized spacial score (nSPS) is 10.0. The second-order valence-corrected chi connectivity index (χ2v) is 3.48. The summed E-state index contributed by atoms with van der Waals surface area (Å²) in [5.41, 5.74) is 1.09. The van der Waals surface area contributed by atoms with Gasteiger partial charge in [-0.1, -0.05) is 6.07 Å². The van der Waals surface area contributed by atoms with Crippen molar-refractivity contribution in [2.45, 2.75) is 19.8 Å². The first-order valence-electron chi connectivity index (χ1n) is 5.09. The number of aromatic nitrogens is 1. The van der Waals surface area contributed by atoms with Crippen molar-refractivity contribution in [2.75, 3.05) is 18.9 Å². The Hall–Kier alpha value is -1.42. The van der Waals surface area contributed by atoms with E-state index in [1.54, 1.807) is 6.20 Å². The summed E-state index contributed by atoms with van der Waals surface area (Å²) in [6.45, 7) is 2.82. The maximum atomic E-state index is 11.4. The molecule has 0 aliphatic rings. The van der Waals surface area contributed by atoms with Crippen molar-refractivity contribution in [2.24, 2.45) is 0 Å². The molecule has 0 fully saturated rings. The van der Waals surface area contributed by atoms with E-state index in [-0.39, 0.29) is 5.91 Å². The van der Waals surface area contributed by atoms with E-state index in [4.69, 9.17) is 0 Å². The highest BCUT2D eigenvalue weighted by molar-refractivity contribution is 5.89. The van der Waals surface area contributed by atoms with E-state index in [1.165, 1.54) is 0 Å². The number of carbonyl (C=O) groups is 1. The summed E-state index contributed by atoms with van der Waals surface area (Å²) >= 11 is 0. The summed E-state index contributed by atoms with van der Waals surface area (Å²) in [5.74, 6) is 0.636. The van der Waals surface area contributed by atoms with Crippen molar-refractivity contribution < 1.29 is 4.79 Å². The van der Waals surface area contributed by atoms with Crippen molar-refractivity contribution in [1.82, 2.24) is 10.3 Å². The first kappa shape index (κ1) is 11.7. The molecule has 82 valence electrons. The Bertz CT molecular complexity index is 308. The van der Waals surface area contributed by atoms with Crippen LogP contribution in [0.25, 0.3) is 0 Å². The van der Waals surface area contributed by atoms with Crippen molar-refractivity contribution in [3.63, 3.8) is 0 Å². The fraction of sp³-hybridized carbons (Fsp3) is 0.455. The van der Waals surface area contributed by atoms with Crippen molar-refractivity contribution in [1.29, 1.82) is 0 Å². The summed E-state index contributed by atoms with van der Waals surface area (Å²) in [6, 6.07) is 3.74. The molecular weight excluding hydrogens is 190 g/mol. The Kier molecular flexibility index (Phi) is 4.77. The fourth-order valence-electron chi connectivity index (χ4n) is 1.17. The maximum Gasteiger partial charge on any atom is 0.225 e. The van der Waals surface area contributed by atoms with Crippen LogP contribution in [0.3, 0.4) is 0 Å². The van der Waals surface area contributed by atoms with Gasteiger partial charge in [-0.15, -0.1) is 0 Å². The first-order valence-corrected chi connectivity index (χ1v) is 5.09. The van der Waals surface area contributed by atoms with Gasteiger partial charge in [0, 0.05) is 12.6 Å². The molecule has 0 unspecified atom stereocenters. The average Bonchev–Trinajstić information content (AvgIpc) is 2.22. The van der Waals surface area contributed by atoms with Crippen molar-refractivity contribution in [3.05, 3.63) is 23.9 Å². The van der Waals surface area contributed by atoms with Gasteiger partial charge in [0.05, 0.1) is 0 Å². The number of nitrogens with zero attached hydrogens (tertiary/aromatic N) is 1. The molecule has 1 heterocycles. The molecule has 2 N–H and O–H groups in total. The summed E-state index contributed by atoms with van der Waals surface area (Å²) < 4.78 is 0. The third kappa shape index (κ3) is 4.56. The van der Waals surface area contributed by atoms with Crippen LogP contribution in [0.5, 0.6) is 0 Å².